The second-order valence-corrected chi connectivity index (χ2v) is 16.7. The number of fused-ring (bicyclic) bond motifs is 1. The predicted octanol–water partition coefficient (Wildman–Crippen LogP) is 2.91. The highest BCUT2D eigenvalue weighted by atomic mass is 16.2. The molecule has 4 N–H and O–H groups in total. The summed E-state index contributed by atoms with van der Waals surface area (Å²) in [4.78, 5) is 84.2. The van der Waals surface area contributed by atoms with E-state index in [4.69, 9.17) is 6.42 Å². The SMILES string of the molecule is C#CCC(NC(=O)[C@@H]1[C@@H]2[C@H](CN1C(=O)[C@@H](NC(=O)N[C@H](CN1CCCCC1=O)C(C)(C)C)C1(C)CCCCC1)C2(C)C)C(=O)C(=O)NCC=C. The first-order valence-corrected chi connectivity index (χ1v) is 18.3. The van der Waals surface area contributed by atoms with Crippen LogP contribution >= 0.6 is 0 Å². The predicted molar refractivity (Wildman–Crippen MR) is 190 cm³/mol. The van der Waals surface area contributed by atoms with Crippen molar-refractivity contribution in [3.8, 4) is 12.3 Å². The molecule has 0 aromatic heterocycles. The number of carbonyl (C=O) groups is 6. The molecule has 1 unspecified atom stereocenters. The Labute approximate surface area is 297 Å². The van der Waals surface area contributed by atoms with Gasteiger partial charge in [0.05, 0.1) is 6.04 Å². The van der Waals surface area contributed by atoms with Crippen molar-refractivity contribution in [1.29, 1.82) is 0 Å². The molecular weight excluding hydrogens is 636 g/mol. The van der Waals surface area contributed by atoms with Crippen LogP contribution in [0.25, 0.3) is 0 Å². The lowest BCUT2D eigenvalue weighted by atomic mass is 9.70. The number of amides is 6. The first-order valence-electron chi connectivity index (χ1n) is 18.3. The molecule has 2 saturated heterocycles. The van der Waals surface area contributed by atoms with Crippen LogP contribution < -0.4 is 21.3 Å². The van der Waals surface area contributed by atoms with Crippen molar-refractivity contribution < 1.29 is 28.8 Å². The fourth-order valence-corrected chi connectivity index (χ4v) is 8.30. The van der Waals surface area contributed by atoms with E-state index in [9.17, 15) is 28.8 Å². The van der Waals surface area contributed by atoms with Crippen LogP contribution in [0.2, 0.25) is 0 Å². The lowest BCUT2D eigenvalue weighted by Crippen LogP contribution is -2.64. The number of likely N-dealkylation sites (tertiary alicyclic amines) is 2. The maximum absolute atomic E-state index is 14.8. The molecule has 6 amide bonds. The topological polar surface area (TPSA) is 157 Å². The molecule has 0 aromatic rings. The van der Waals surface area contributed by atoms with Gasteiger partial charge < -0.3 is 31.1 Å². The third-order valence-electron chi connectivity index (χ3n) is 11.7. The molecule has 0 bridgehead atoms. The Morgan fingerprint density at radius 1 is 1.02 bits per heavy atom. The van der Waals surface area contributed by atoms with E-state index in [-0.39, 0.29) is 53.5 Å². The van der Waals surface area contributed by atoms with Gasteiger partial charge in [0.25, 0.3) is 5.91 Å². The number of ketones is 1. The molecule has 276 valence electrons. The number of carbonyl (C=O) groups excluding carboxylic acids is 6. The van der Waals surface area contributed by atoms with Crippen molar-refractivity contribution in [3.63, 3.8) is 0 Å². The molecule has 4 fully saturated rings. The number of urea groups is 1. The maximum Gasteiger partial charge on any atom is 0.315 e. The molecular formula is C38H58N6O6. The van der Waals surface area contributed by atoms with Crippen molar-refractivity contribution in [2.45, 2.75) is 123 Å². The second kappa shape index (κ2) is 15.6. The van der Waals surface area contributed by atoms with Gasteiger partial charge in [-0.05, 0) is 53.8 Å². The summed E-state index contributed by atoms with van der Waals surface area (Å²) >= 11 is 0. The zero-order chi connectivity index (χ0) is 37.0. The molecule has 2 aliphatic heterocycles. The molecule has 12 heteroatoms. The van der Waals surface area contributed by atoms with Crippen LogP contribution in [0.4, 0.5) is 4.79 Å². The molecule has 2 aliphatic carbocycles. The molecule has 4 rings (SSSR count). The number of nitrogens with zero attached hydrogens (tertiary/aromatic N) is 2. The van der Waals surface area contributed by atoms with Gasteiger partial charge in [-0.1, -0.05) is 66.9 Å². The molecule has 2 saturated carbocycles. The summed E-state index contributed by atoms with van der Waals surface area (Å²) in [6, 6.07) is -3.93. The van der Waals surface area contributed by atoms with E-state index < -0.39 is 47.2 Å². The van der Waals surface area contributed by atoms with Crippen LogP contribution in [-0.4, -0.2) is 95.6 Å². The Morgan fingerprint density at radius 2 is 1.70 bits per heavy atom. The molecule has 50 heavy (non-hydrogen) atoms. The summed E-state index contributed by atoms with van der Waals surface area (Å²) in [7, 11) is 0. The van der Waals surface area contributed by atoms with Crippen LogP contribution in [0.5, 0.6) is 0 Å². The highest BCUT2D eigenvalue weighted by Crippen LogP contribution is 2.65. The average molecular weight is 695 g/mol. The molecule has 6 atom stereocenters. The van der Waals surface area contributed by atoms with Crippen LogP contribution in [0, 0.1) is 40.4 Å². The lowest BCUT2D eigenvalue weighted by Gasteiger charge is -2.43. The van der Waals surface area contributed by atoms with Crippen LogP contribution in [0.3, 0.4) is 0 Å². The third kappa shape index (κ3) is 8.52. The summed E-state index contributed by atoms with van der Waals surface area (Å²) in [6.45, 7) is 17.2. The number of piperidine rings is 2. The minimum Gasteiger partial charge on any atom is -0.346 e. The van der Waals surface area contributed by atoms with E-state index in [2.05, 4.69) is 47.6 Å². The van der Waals surface area contributed by atoms with Crippen LogP contribution in [0.15, 0.2) is 12.7 Å². The highest BCUT2D eigenvalue weighted by Gasteiger charge is 2.70. The Morgan fingerprint density at radius 3 is 2.30 bits per heavy atom. The fourth-order valence-electron chi connectivity index (χ4n) is 8.30. The van der Waals surface area contributed by atoms with Gasteiger partial charge in [0, 0.05) is 39.0 Å². The van der Waals surface area contributed by atoms with Gasteiger partial charge in [-0.15, -0.1) is 18.9 Å². The molecule has 4 aliphatic rings. The Balaban J connectivity index is 1.58. The smallest absolute Gasteiger partial charge is 0.315 e. The van der Waals surface area contributed by atoms with Gasteiger partial charge in [0.1, 0.15) is 18.1 Å². The zero-order valence-electron chi connectivity index (χ0n) is 30.9. The van der Waals surface area contributed by atoms with Gasteiger partial charge in [-0.3, -0.25) is 24.0 Å². The molecule has 0 spiro atoms. The minimum absolute atomic E-state index is 0.0564. The summed E-state index contributed by atoms with van der Waals surface area (Å²) in [5.74, 6) is -0.280. The monoisotopic (exact) mass is 694 g/mol. The van der Waals surface area contributed by atoms with E-state index in [1.54, 1.807) is 4.90 Å². The summed E-state index contributed by atoms with van der Waals surface area (Å²) < 4.78 is 0. The Hall–Kier alpha value is -3.88. The van der Waals surface area contributed by atoms with Gasteiger partial charge in [-0.25, -0.2) is 4.79 Å². The lowest BCUT2D eigenvalue weighted by molar-refractivity contribution is -0.146. The Bertz CT molecular complexity index is 1390. The average Bonchev–Trinajstić information content (AvgIpc) is 3.36. The summed E-state index contributed by atoms with van der Waals surface area (Å²) in [5.41, 5.74) is -1.14. The van der Waals surface area contributed by atoms with E-state index >= 15 is 0 Å². The minimum atomic E-state index is -1.26. The van der Waals surface area contributed by atoms with Crippen molar-refractivity contribution in [3.05, 3.63) is 12.7 Å². The summed E-state index contributed by atoms with van der Waals surface area (Å²) in [6.07, 6.45) is 13.4. The number of terminal acetylenes is 1. The van der Waals surface area contributed by atoms with E-state index in [1.807, 2.05) is 32.6 Å². The van der Waals surface area contributed by atoms with Crippen molar-refractivity contribution >= 4 is 35.4 Å². The second-order valence-electron chi connectivity index (χ2n) is 16.7. The molecule has 2 heterocycles. The van der Waals surface area contributed by atoms with Crippen LogP contribution in [-0.2, 0) is 24.0 Å². The van der Waals surface area contributed by atoms with Crippen LogP contribution in [0.1, 0.15) is 99.3 Å². The number of nitrogens with one attached hydrogen (secondary N) is 4. The zero-order valence-corrected chi connectivity index (χ0v) is 30.9. The largest absolute Gasteiger partial charge is 0.346 e. The van der Waals surface area contributed by atoms with Gasteiger partial charge >= 0.3 is 6.03 Å². The van der Waals surface area contributed by atoms with Crippen molar-refractivity contribution in [1.82, 2.24) is 31.1 Å². The quantitative estimate of drug-likeness (QED) is 0.132. The van der Waals surface area contributed by atoms with E-state index in [0.29, 0.717) is 26.1 Å². The first kappa shape index (κ1) is 38.9. The Kier molecular flexibility index (Phi) is 12.1. The van der Waals surface area contributed by atoms with E-state index in [1.165, 1.54) is 6.08 Å². The molecule has 0 radical (unpaired) electrons. The number of rotatable bonds is 13. The number of hydrogen-bond donors (Lipinski definition) is 4. The standard InChI is InChI=1S/C38H58N6O6/c1-9-16-25(30(46)33(48)39-20-10-2)40-32(47)29-28-24(37(28,6)7)22-44(29)34(49)31(38(8)18-13-11-14-19-38)42-35(50)41-26(36(3,4)5)23-43-21-15-12-17-27(43)45/h1,10,24-26,28-29,31H,2,11-23H2,3-8H3,(H,39,48)(H,40,47)(H2,41,42,50)/t24-,25?,26+,28-,29-,31+/m0/s1. The number of hydrogen-bond acceptors (Lipinski definition) is 6. The van der Waals surface area contributed by atoms with Gasteiger partial charge in [-0.2, -0.15) is 0 Å². The highest BCUT2D eigenvalue weighted by molar-refractivity contribution is 6.38. The third-order valence-corrected chi connectivity index (χ3v) is 11.7. The number of Topliss-reactive ketones (excluding diaryl/α,β-unsaturated/α-hetero) is 1. The van der Waals surface area contributed by atoms with Gasteiger partial charge in [0.15, 0.2) is 0 Å². The van der Waals surface area contributed by atoms with E-state index in [0.717, 1.165) is 44.9 Å². The first-order chi connectivity index (χ1) is 23.5. The van der Waals surface area contributed by atoms with Gasteiger partial charge in [0.2, 0.25) is 23.5 Å². The van der Waals surface area contributed by atoms with Crippen molar-refractivity contribution in [2.24, 2.45) is 28.1 Å². The fraction of sp³-hybridized carbons (Fsp3) is 0.737. The normalized spacial score (nSPS) is 25.5. The summed E-state index contributed by atoms with van der Waals surface area (Å²) in [5, 5.41) is 11.3. The van der Waals surface area contributed by atoms with Crippen molar-refractivity contribution in [2.75, 3.05) is 26.2 Å². The molecule has 0 aromatic carbocycles. The maximum atomic E-state index is 14.8. The molecule has 12 nitrogen and oxygen atoms in total.